The van der Waals surface area contributed by atoms with Crippen LogP contribution >= 0.6 is 0 Å². The molecule has 0 aliphatic carbocycles. The molecule has 0 unspecified atom stereocenters. The number of hydrogen-bond donors (Lipinski definition) is 2. The molecule has 1 aliphatic heterocycles. The fourth-order valence-corrected chi connectivity index (χ4v) is 2.98. The lowest BCUT2D eigenvalue weighted by Gasteiger charge is -2.09. The van der Waals surface area contributed by atoms with Crippen molar-refractivity contribution in [1.82, 2.24) is 20.1 Å². The quantitative estimate of drug-likeness (QED) is 0.818. The van der Waals surface area contributed by atoms with E-state index in [4.69, 9.17) is 0 Å². The van der Waals surface area contributed by atoms with Gasteiger partial charge in [-0.3, -0.25) is 4.79 Å². The third-order valence-corrected chi connectivity index (χ3v) is 4.37. The number of benzene rings is 1. The molecule has 2 amide bonds. The first-order valence-corrected chi connectivity index (χ1v) is 8.70. The highest BCUT2D eigenvalue weighted by atomic mass is 16.2. The van der Waals surface area contributed by atoms with E-state index in [-0.39, 0.29) is 11.8 Å². The lowest BCUT2D eigenvalue weighted by Crippen LogP contribution is -2.31. The largest absolute Gasteiger partial charge is 0.337 e. The number of aryl methyl sites for hydroxylation is 1. The Morgan fingerprint density at radius 3 is 2.68 bits per heavy atom. The number of carbonyl (C=O) groups is 2. The van der Waals surface area contributed by atoms with Crippen molar-refractivity contribution in [2.45, 2.75) is 45.6 Å². The van der Waals surface area contributed by atoms with Crippen LogP contribution in [0.3, 0.4) is 0 Å². The number of ketones is 1. The second kappa shape index (κ2) is 7.92. The van der Waals surface area contributed by atoms with Crippen LogP contribution in [0.1, 0.15) is 48.2 Å². The Morgan fingerprint density at radius 1 is 1.12 bits per heavy atom. The van der Waals surface area contributed by atoms with Crippen molar-refractivity contribution in [3.8, 4) is 0 Å². The number of nitrogens with zero attached hydrogens (tertiary/aromatic N) is 3. The van der Waals surface area contributed by atoms with Gasteiger partial charge < -0.3 is 15.2 Å². The highest BCUT2D eigenvalue weighted by Crippen LogP contribution is 2.14. The van der Waals surface area contributed by atoms with Crippen LogP contribution in [-0.2, 0) is 19.4 Å². The molecule has 2 heterocycles. The minimum atomic E-state index is -0.272. The molecule has 7 heteroatoms. The summed E-state index contributed by atoms with van der Waals surface area (Å²) in [4.78, 5) is 23.2. The van der Waals surface area contributed by atoms with Crippen LogP contribution in [0, 0.1) is 0 Å². The summed E-state index contributed by atoms with van der Waals surface area (Å²) in [5, 5.41) is 14.1. The summed E-state index contributed by atoms with van der Waals surface area (Å²) < 4.78 is 2.19. The van der Waals surface area contributed by atoms with Crippen molar-refractivity contribution >= 4 is 17.5 Å². The lowest BCUT2D eigenvalue weighted by molar-refractivity contribution is 0.101. The molecule has 7 nitrogen and oxygen atoms in total. The van der Waals surface area contributed by atoms with Crippen LogP contribution in [0.2, 0.25) is 0 Å². The minimum absolute atomic E-state index is 0.00319. The highest BCUT2D eigenvalue weighted by molar-refractivity contribution is 5.95. The summed E-state index contributed by atoms with van der Waals surface area (Å²) >= 11 is 0. The number of fused-ring (bicyclic) bond motifs is 1. The SMILES string of the molecule is CC(=O)c1ccc(NC(=O)NCCc2nnc3n2CCCCC3)cc1. The van der Waals surface area contributed by atoms with Crippen molar-refractivity contribution in [2.75, 3.05) is 11.9 Å². The number of rotatable bonds is 5. The molecule has 1 aromatic heterocycles. The van der Waals surface area contributed by atoms with Gasteiger partial charge in [0.2, 0.25) is 0 Å². The Hall–Kier alpha value is -2.70. The zero-order valence-corrected chi connectivity index (χ0v) is 14.4. The van der Waals surface area contributed by atoms with E-state index < -0.39 is 0 Å². The van der Waals surface area contributed by atoms with E-state index in [1.807, 2.05) is 0 Å². The van der Waals surface area contributed by atoms with E-state index in [1.54, 1.807) is 24.3 Å². The van der Waals surface area contributed by atoms with E-state index in [9.17, 15) is 9.59 Å². The Balaban J connectivity index is 1.48. The van der Waals surface area contributed by atoms with Gasteiger partial charge in [0, 0.05) is 37.2 Å². The lowest BCUT2D eigenvalue weighted by atomic mass is 10.1. The van der Waals surface area contributed by atoms with Gasteiger partial charge in [0.25, 0.3) is 0 Å². The summed E-state index contributed by atoms with van der Waals surface area (Å²) in [7, 11) is 0. The Bertz CT molecular complexity index is 751. The van der Waals surface area contributed by atoms with E-state index in [2.05, 4.69) is 25.4 Å². The Morgan fingerprint density at radius 2 is 1.92 bits per heavy atom. The number of hydrogen-bond acceptors (Lipinski definition) is 4. The fourth-order valence-electron chi connectivity index (χ4n) is 2.98. The van der Waals surface area contributed by atoms with Gasteiger partial charge in [-0.2, -0.15) is 0 Å². The zero-order chi connectivity index (χ0) is 17.6. The summed E-state index contributed by atoms with van der Waals surface area (Å²) in [6.07, 6.45) is 5.19. The van der Waals surface area contributed by atoms with Gasteiger partial charge >= 0.3 is 6.03 Å². The number of amides is 2. The first kappa shape index (κ1) is 17.1. The third-order valence-electron chi connectivity index (χ3n) is 4.37. The fraction of sp³-hybridized carbons (Fsp3) is 0.444. The van der Waals surface area contributed by atoms with Crippen LogP contribution in [0.25, 0.3) is 0 Å². The van der Waals surface area contributed by atoms with Gasteiger partial charge in [-0.15, -0.1) is 10.2 Å². The summed E-state index contributed by atoms with van der Waals surface area (Å²) in [5.74, 6) is 1.99. The van der Waals surface area contributed by atoms with E-state index >= 15 is 0 Å². The molecule has 0 atom stereocenters. The highest BCUT2D eigenvalue weighted by Gasteiger charge is 2.14. The molecule has 1 aliphatic rings. The first-order valence-electron chi connectivity index (χ1n) is 8.70. The molecular weight excluding hydrogens is 318 g/mol. The third kappa shape index (κ3) is 4.43. The number of Topliss-reactive ketones (excluding diaryl/α,β-unsaturated/α-hetero) is 1. The minimum Gasteiger partial charge on any atom is -0.337 e. The molecule has 0 bridgehead atoms. The molecule has 3 rings (SSSR count). The van der Waals surface area contributed by atoms with E-state index in [0.29, 0.717) is 24.2 Å². The average molecular weight is 341 g/mol. The molecule has 2 aromatic rings. The summed E-state index contributed by atoms with van der Waals surface area (Å²) in [5.41, 5.74) is 1.28. The standard InChI is InChI=1S/C18H23N5O2/c1-13(24)14-6-8-15(9-7-14)20-18(25)19-11-10-17-22-21-16-5-3-2-4-12-23(16)17/h6-9H,2-5,10-12H2,1H3,(H2,19,20,25). The van der Waals surface area contributed by atoms with Gasteiger partial charge in [0.1, 0.15) is 11.6 Å². The first-order chi connectivity index (χ1) is 12.1. The van der Waals surface area contributed by atoms with Gasteiger partial charge in [-0.05, 0) is 44.0 Å². The van der Waals surface area contributed by atoms with Crippen LogP contribution in [0.4, 0.5) is 10.5 Å². The second-order valence-corrected chi connectivity index (χ2v) is 6.26. The maximum absolute atomic E-state index is 12.0. The number of urea groups is 1. The van der Waals surface area contributed by atoms with E-state index in [1.165, 1.54) is 19.8 Å². The van der Waals surface area contributed by atoms with Crippen LogP contribution in [-0.4, -0.2) is 33.1 Å². The maximum atomic E-state index is 12.0. The zero-order valence-electron chi connectivity index (χ0n) is 14.4. The number of aromatic nitrogens is 3. The van der Waals surface area contributed by atoms with Crippen molar-refractivity contribution in [1.29, 1.82) is 0 Å². The predicted octanol–water partition coefficient (Wildman–Crippen LogP) is 2.57. The number of nitrogens with one attached hydrogen (secondary N) is 2. The van der Waals surface area contributed by atoms with Gasteiger partial charge in [0.05, 0.1) is 0 Å². The van der Waals surface area contributed by atoms with Crippen LogP contribution in [0.15, 0.2) is 24.3 Å². The Labute approximate surface area is 146 Å². The average Bonchev–Trinajstić information content (AvgIpc) is 2.82. The monoisotopic (exact) mass is 341 g/mol. The Kier molecular flexibility index (Phi) is 5.42. The normalized spacial score (nSPS) is 13.6. The van der Waals surface area contributed by atoms with Crippen LogP contribution in [0.5, 0.6) is 0 Å². The summed E-state index contributed by atoms with van der Waals surface area (Å²) in [6, 6.07) is 6.56. The maximum Gasteiger partial charge on any atom is 0.319 e. The van der Waals surface area contributed by atoms with Gasteiger partial charge in [0.15, 0.2) is 5.78 Å². The smallest absolute Gasteiger partial charge is 0.319 e. The van der Waals surface area contributed by atoms with Gasteiger partial charge in [-0.25, -0.2) is 4.79 Å². The predicted molar refractivity (Wildman–Crippen MR) is 94.7 cm³/mol. The molecule has 132 valence electrons. The molecule has 1 aromatic carbocycles. The second-order valence-electron chi connectivity index (χ2n) is 6.26. The topological polar surface area (TPSA) is 88.9 Å². The molecule has 0 saturated carbocycles. The van der Waals surface area contributed by atoms with Crippen molar-refractivity contribution in [2.24, 2.45) is 0 Å². The van der Waals surface area contributed by atoms with Crippen LogP contribution < -0.4 is 10.6 Å². The van der Waals surface area contributed by atoms with Crippen molar-refractivity contribution in [3.63, 3.8) is 0 Å². The van der Waals surface area contributed by atoms with Crippen molar-refractivity contribution in [3.05, 3.63) is 41.5 Å². The molecule has 25 heavy (non-hydrogen) atoms. The molecule has 2 N–H and O–H groups in total. The molecule has 0 saturated heterocycles. The summed E-state index contributed by atoms with van der Waals surface area (Å²) in [6.45, 7) is 2.97. The van der Waals surface area contributed by atoms with Gasteiger partial charge in [-0.1, -0.05) is 6.42 Å². The number of carbonyl (C=O) groups excluding carboxylic acids is 2. The molecule has 0 spiro atoms. The van der Waals surface area contributed by atoms with E-state index in [0.717, 1.165) is 31.0 Å². The number of anilines is 1. The van der Waals surface area contributed by atoms with Crippen molar-refractivity contribution < 1.29 is 9.59 Å². The molecule has 0 fully saturated rings. The molecular formula is C18H23N5O2. The molecule has 0 radical (unpaired) electrons.